The van der Waals surface area contributed by atoms with Crippen LogP contribution in [-0.4, -0.2) is 67.5 Å². The number of hydrogen-bond donors (Lipinski definition) is 3. The molecule has 1 aliphatic heterocycles. The van der Waals surface area contributed by atoms with Crippen LogP contribution in [0.1, 0.15) is 39.5 Å². The molecule has 0 aliphatic carbocycles. The number of halogens is 4. The Kier molecular flexibility index (Phi) is 12.8. The number of nitrogens with one attached hydrogen (secondary N) is 2. The van der Waals surface area contributed by atoms with E-state index in [2.05, 4.69) is 22.5 Å². The highest BCUT2D eigenvalue weighted by molar-refractivity contribution is 14.0. The summed E-state index contributed by atoms with van der Waals surface area (Å²) in [5.41, 5.74) is 0. The second kappa shape index (κ2) is 13.0. The van der Waals surface area contributed by atoms with Gasteiger partial charge in [0.15, 0.2) is 5.96 Å². The Balaban J connectivity index is 0.00000576. The van der Waals surface area contributed by atoms with Gasteiger partial charge in [-0.05, 0) is 32.1 Å². The van der Waals surface area contributed by atoms with E-state index in [1.165, 1.54) is 4.90 Å². The molecule has 0 radical (unpaired) electrons. The second-order valence-corrected chi connectivity index (χ2v) is 6.37. The highest BCUT2D eigenvalue weighted by Gasteiger charge is 2.34. The average Bonchev–Trinajstić information content (AvgIpc) is 2.90. The first-order valence-corrected chi connectivity index (χ1v) is 8.82. The van der Waals surface area contributed by atoms with E-state index in [1.54, 1.807) is 0 Å². The van der Waals surface area contributed by atoms with Crippen LogP contribution in [0.15, 0.2) is 4.99 Å². The summed E-state index contributed by atoms with van der Waals surface area (Å²) < 4.78 is 37.4. The van der Waals surface area contributed by atoms with Gasteiger partial charge in [-0.1, -0.05) is 13.3 Å². The lowest BCUT2D eigenvalue weighted by molar-refractivity contribution is -0.143. The van der Waals surface area contributed by atoms with E-state index < -0.39 is 12.7 Å². The lowest BCUT2D eigenvalue weighted by Gasteiger charge is -2.20. The Hall–Kier alpha value is -0.290. The van der Waals surface area contributed by atoms with E-state index in [-0.39, 0.29) is 36.6 Å². The van der Waals surface area contributed by atoms with Crippen LogP contribution in [0.2, 0.25) is 0 Å². The van der Waals surface area contributed by atoms with Crippen molar-refractivity contribution in [2.75, 3.05) is 39.3 Å². The molecule has 25 heavy (non-hydrogen) atoms. The monoisotopic (exact) mass is 480 g/mol. The van der Waals surface area contributed by atoms with Gasteiger partial charge in [-0.15, -0.1) is 24.0 Å². The molecule has 2 atom stereocenters. The standard InChI is InChI=1S/C16H31F3N4O.HI/c1-3-5-13(7-9-24)10-21-15(20-4-2)22-14-6-8-23(11-14)12-16(17,18)19;/h13-14,24H,3-12H2,1-2H3,(H2,20,21,22);1H. The fraction of sp³-hybridized carbons (Fsp3) is 0.938. The van der Waals surface area contributed by atoms with E-state index in [0.717, 1.165) is 19.3 Å². The number of hydrogen-bond acceptors (Lipinski definition) is 3. The van der Waals surface area contributed by atoms with Crippen molar-refractivity contribution in [3.8, 4) is 0 Å². The minimum Gasteiger partial charge on any atom is -0.396 e. The van der Waals surface area contributed by atoms with Crippen LogP contribution < -0.4 is 10.6 Å². The number of aliphatic imine (C=N–C) groups is 1. The molecular formula is C16H32F3IN4O. The molecule has 0 spiro atoms. The van der Waals surface area contributed by atoms with Gasteiger partial charge in [-0.2, -0.15) is 13.2 Å². The average molecular weight is 480 g/mol. The Morgan fingerprint density at radius 3 is 2.60 bits per heavy atom. The van der Waals surface area contributed by atoms with Crippen LogP contribution >= 0.6 is 24.0 Å². The van der Waals surface area contributed by atoms with Crippen LogP contribution in [0.5, 0.6) is 0 Å². The van der Waals surface area contributed by atoms with E-state index in [9.17, 15) is 13.2 Å². The van der Waals surface area contributed by atoms with Crippen molar-refractivity contribution in [3.63, 3.8) is 0 Å². The minimum atomic E-state index is -4.15. The van der Waals surface area contributed by atoms with Gasteiger partial charge in [0.2, 0.25) is 0 Å². The molecule has 0 saturated carbocycles. The van der Waals surface area contributed by atoms with Crippen LogP contribution in [0.3, 0.4) is 0 Å². The number of aliphatic hydroxyl groups excluding tert-OH is 1. The van der Waals surface area contributed by atoms with Crippen LogP contribution in [0.25, 0.3) is 0 Å². The van der Waals surface area contributed by atoms with Crippen LogP contribution in [-0.2, 0) is 0 Å². The van der Waals surface area contributed by atoms with E-state index >= 15 is 0 Å². The Bertz CT molecular complexity index is 377. The van der Waals surface area contributed by atoms with E-state index in [4.69, 9.17) is 5.11 Å². The molecule has 0 aromatic rings. The molecule has 0 aromatic heterocycles. The summed E-state index contributed by atoms with van der Waals surface area (Å²) >= 11 is 0. The quantitative estimate of drug-likeness (QED) is 0.270. The van der Waals surface area contributed by atoms with Crippen molar-refractivity contribution in [3.05, 3.63) is 0 Å². The zero-order chi connectivity index (χ0) is 18.0. The summed E-state index contributed by atoms with van der Waals surface area (Å²) in [5, 5.41) is 15.5. The highest BCUT2D eigenvalue weighted by atomic mass is 127. The smallest absolute Gasteiger partial charge is 0.396 e. The maximum Gasteiger partial charge on any atom is 0.401 e. The first-order valence-electron chi connectivity index (χ1n) is 8.82. The van der Waals surface area contributed by atoms with E-state index in [1.807, 2.05) is 6.92 Å². The number of likely N-dealkylation sites (tertiary alicyclic amines) is 1. The zero-order valence-corrected chi connectivity index (χ0v) is 17.4. The molecule has 1 fully saturated rings. The molecule has 2 unspecified atom stereocenters. The SMILES string of the molecule is CCCC(CCO)CN=C(NCC)NC1CCN(CC(F)(F)F)C1.I. The molecule has 0 bridgehead atoms. The Morgan fingerprint density at radius 2 is 2.04 bits per heavy atom. The number of rotatable bonds is 9. The normalized spacial score (nSPS) is 20.2. The van der Waals surface area contributed by atoms with Crippen LogP contribution in [0, 0.1) is 5.92 Å². The number of nitrogens with zero attached hydrogens (tertiary/aromatic N) is 2. The highest BCUT2D eigenvalue weighted by Crippen LogP contribution is 2.20. The summed E-state index contributed by atoms with van der Waals surface area (Å²) in [5.74, 6) is 0.983. The molecule has 5 nitrogen and oxygen atoms in total. The van der Waals surface area contributed by atoms with Crippen molar-refractivity contribution in [1.82, 2.24) is 15.5 Å². The van der Waals surface area contributed by atoms with Gasteiger partial charge >= 0.3 is 6.18 Å². The number of aliphatic hydroxyl groups is 1. The number of alkyl halides is 3. The summed E-state index contributed by atoms with van der Waals surface area (Å²) in [6.45, 7) is 5.49. The molecule has 9 heteroatoms. The minimum absolute atomic E-state index is 0. The maximum absolute atomic E-state index is 12.5. The third kappa shape index (κ3) is 11.1. The largest absolute Gasteiger partial charge is 0.401 e. The lowest BCUT2D eigenvalue weighted by Crippen LogP contribution is -2.45. The van der Waals surface area contributed by atoms with Gasteiger partial charge in [-0.3, -0.25) is 9.89 Å². The molecule has 1 saturated heterocycles. The summed E-state index contributed by atoms with van der Waals surface area (Å²) in [6.07, 6.45) is -0.703. The predicted octanol–water partition coefficient (Wildman–Crippen LogP) is 2.59. The maximum atomic E-state index is 12.5. The van der Waals surface area contributed by atoms with Gasteiger partial charge in [0, 0.05) is 38.8 Å². The first-order chi connectivity index (χ1) is 11.4. The van der Waals surface area contributed by atoms with Gasteiger partial charge in [0.25, 0.3) is 0 Å². The fourth-order valence-corrected chi connectivity index (χ4v) is 3.00. The molecule has 150 valence electrons. The van der Waals surface area contributed by atoms with Gasteiger partial charge in [0.1, 0.15) is 0 Å². The third-order valence-corrected chi connectivity index (χ3v) is 4.10. The van der Waals surface area contributed by atoms with Crippen molar-refractivity contribution >= 4 is 29.9 Å². The molecule has 1 heterocycles. The van der Waals surface area contributed by atoms with Gasteiger partial charge < -0.3 is 15.7 Å². The van der Waals surface area contributed by atoms with Gasteiger partial charge in [-0.25, -0.2) is 0 Å². The van der Waals surface area contributed by atoms with Crippen LogP contribution in [0.4, 0.5) is 13.2 Å². The molecule has 1 rings (SSSR count). The van der Waals surface area contributed by atoms with Crippen molar-refractivity contribution < 1.29 is 18.3 Å². The van der Waals surface area contributed by atoms with Gasteiger partial charge in [0.05, 0.1) is 6.54 Å². The molecular weight excluding hydrogens is 448 g/mol. The summed E-state index contributed by atoms with van der Waals surface area (Å²) in [6, 6.07) is -0.0207. The molecule has 0 aromatic carbocycles. The zero-order valence-electron chi connectivity index (χ0n) is 15.1. The summed E-state index contributed by atoms with van der Waals surface area (Å²) in [7, 11) is 0. The van der Waals surface area contributed by atoms with Crippen molar-refractivity contribution in [1.29, 1.82) is 0 Å². The van der Waals surface area contributed by atoms with E-state index in [0.29, 0.717) is 44.5 Å². The van der Waals surface area contributed by atoms with Crippen molar-refractivity contribution in [2.24, 2.45) is 10.9 Å². The topological polar surface area (TPSA) is 59.9 Å². The summed E-state index contributed by atoms with van der Waals surface area (Å²) in [4.78, 5) is 5.98. The second-order valence-electron chi connectivity index (χ2n) is 6.37. The molecule has 0 amide bonds. The molecule has 1 aliphatic rings. The predicted molar refractivity (Wildman–Crippen MR) is 106 cm³/mol. The van der Waals surface area contributed by atoms with Crippen molar-refractivity contribution in [2.45, 2.75) is 51.7 Å². The number of guanidine groups is 1. The third-order valence-electron chi connectivity index (χ3n) is 4.10. The Labute approximate surface area is 165 Å². The first kappa shape index (κ1) is 24.7. The Morgan fingerprint density at radius 1 is 1.32 bits per heavy atom. The fourth-order valence-electron chi connectivity index (χ4n) is 3.00. The molecule has 3 N–H and O–H groups in total. The lowest BCUT2D eigenvalue weighted by atomic mass is 10.0.